The summed E-state index contributed by atoms with van der Waals surface area (Å²) in [5.74, 6) is 0.332. The Balaban J connectivity index is 1.41. The standard InChI is InChI=1S/C29H18Cl2N4O5S2/c1-15-25(27(36)33-16-6-3-2-4-7-16)26(23-8-5-11-41-23)34-28(37)24(42-29(34)32-15)12-17-9-10-22(40-17)18-13-20(31)21(35(38)39)14-19(18)30/h2-14,26H,1H3,(H,33,36)/b24-12+. The van der Waals surface area contributed by atoms with Crippen LogP contribution < -0.4 is 20.2 Å². The molecule has 1 aliphatic rings. The van der Waals surface area contributed by atoms with Gasteiger partial charge in [0.05, 0.1) is 25.7 Å². The largest absolute Gasteiger partial charge is 0.457 e. The first kappa shape index (κ1) is 27.9. The zero-order chi connectivity index (χ0) is 29.5. The predicted octanol–water partition coefficient (Wildman–Crippen LogP) is 6.41. The van der Waals surface area contributed by atoms with Gasteiger partial charge in [0.15, 0.2) is 4.80 Å². The summed E-state index contributed by atoms with van der Waals surface area (Å²) in [6.07, 6.45) is 1.59. The van der Waals surface area contributed by atoms with Crippen molar-refractivity contribution in [2.24, 2.45) is 4.99 Å². The zero-order valence-electron chi connectivity index (χ0n) is 21.5. The fourth-order valence-corrected chi connectivity index (χ4v) is 6.95. The summed E-state index contributed by atoms with van der Waals surface area (Å²) >= 11 is 15.0. The third-order valence-electron chi connectivity index (χ3n) is 6.51. The Kier molecular flexibility index (Phi) is 7.42. The summed E-state index contributed by atoms with van der Waals surface area (Å²) in [6.45, 7) is 1.76. The van der Waals surface area contributed by atoms with E-state index in [4.69, 9.17) is 27.6 Å². The molecule has 9 nitrogen and oxygen atoms in total. The molecule has 210 valence electrons. The van der Waals surface area contributed by atoms with Crippen LogP contribution in [0.25, 0.3) is 17.4 Å². The van der Waals surface area contributed by atoms with Crippen LogP contribution in [0.3, 0.4) is 0 Å². The van der Waals surface area contributed by atoms with E-state index in [0.717, 1.165) is 10.9 Å². The number of nitro benzene ring substituents is 1. The lowest BCUT2D eigenvalue weighted by Crippen LogP contribution is -2.40. The highest BCUT2D eigenvalue weighted by atomic mass is 35.5. The summed E-state index contributed by atoms with van der Waals surface area (Å²) in [4.78, 5) is 43.8. The summed E-state index contributed by atoms with van der Waals surface area (Å²) in [5, 5.41) is 16.0. The Morgan fingerprint density at radius 2 is 1.90 bits per heavy atom. The number of rotatable bonds is 6. The number of nitro groups is 1. The second kappa shape index (κ2) is 11.2. The first-order valence-electron chi connectivity index (χ1n) is 12.4. The minimum atomic E-state index is -0.666. The number of anilines is 1. The average molecular weight is 638 g/mol. The van der Waals surface area contributed by atoms with Gasteiger partial charge in [0.25, 0.3) is 17.2 Å². The van der Waals surface area contributed by atoms with Gasteiger partial charge >= 0.3 is 0 Å². The molecule has 0 saturated carbocycles. The number of thiophene rings is 1. The van der Waals surface area contributed by atoms with Crippen LogP contribution in [0.4, 0.5) is 11.4 Å². The van der Waals surface area contributed by atoms with E-state index in [0.29, 0.717) is 43.4 Å². The highest BCUT2D eigenvalue weighted by molar-refractivity contribution is 7.10. The molecule has 1 amide bonds. The first-order chi connectivity index (χ1) is 20.2. The highest BCUT2D eigenvalue weighted by Gasteiger charge is 2.33. The Hall–Kier alpha value is -4.29. The third-order valence-corrected chi connectivity index (χ3v) is 9.03. The SMILES string of the molecule is CC1=C(C(=O)Nc2ccccc2)C(c2cccs2)n2c(s/c(=C/c3ccc(-c4cc(Cl)c([N+](=O)[O-])cc4Cl)o3)c2=O)=N1. The summed E-state index contributed by atoms with van der Waals surface area (Å²) in [6, 6.07) is 18.0. The van der Waals surface area contributed by atoms with Crippen LogP contribution >= 0.6 is 45.9 Å². The van der Waals surface area contributed by atoms with E-state index in [-0.39, 0.29) is 27.2 Å². The molecule has 3 aromatic heterocycles. The number of allylic oxidation sites excluding steroid dienone is 1. The third kappa shape index (κ3) is 5.12. The average Bonchev–Trinajstić information content (AvgIpc) is 3.71. The van der Waals surface area contributed by atoms with Gasteiger partial charge in [0.1, 0.15) is 22.6 Å². The van der Waals surface area contributed by atoms with Crippen molar-refractivity contribution in [3.8, 4) is 11.3 Å². The number of amides is 1. The smallest absolute Gasteiger partial charge is 0.289 e. The maximum Gasteiger partial charge on any atom is 0.289 e. The van der Waals surface area contributed by atoms with E-state index < -0.39 is 11.0 Å². The number of furan rings is 1. The normalized spacial score (nSPS) is 14.9. The number of carbonyl (C=O) groups is 1. The number of aromatic nitrogens is 1. The summed E-state index contributed by atoms with van der Waals surface area (Å²) in [5.41, 5.74) is 1.25. The van der Waals surface area contributed by atoms with Crippen LogP contribution in [0, 0.1) is 10.1 Å². The molecule has 0 saturated heterocycles. The van der Waals surface area contributed by atoms with Crippen molar-refractivity contribution in [3.05, 3.63) is 134 Å². The quantitative estimate of drug-likeness (QED) is 0.171. The molecular weight excluding hydrogens is 619 g/mol. The van der Waals surface area contributed by atoms with Crippen LogP contribution in [0.15, 0.2) is 97.6 Å². The van der Waals surface area contributed by atoms with Crippen LogP contribution in [0.2, 0.25) is 10.0 Å². The van der Waals surface area contributed by atoms with Gasteiger partial charge in [-0.05, 0) is 48.7 Å². The molecule has 42 heavy (non-hydrogen) atoms. The molecule has 4 heterocycles. The number of hydrogen-bond acceptors (Lipinski definition) is 8. The first-order valence-corrected chi connectivity index (χ1v) is 14.8. The Morgan fingerprint density at radius 1 is 1.12 bits per heavy atom. The molecule has 0 bridgehead atoms. The van der Waals surface area contributed by atoms with E-state index in [9.17, 15) is 19.7 Å². The molecule has 1 aliphatic heterocycles. The molecule has 0 radical (unpaired) electrons. The minimum absolute atomic E-state index is 0.0817. The molecule has 2 aromatic carbocycles. The van der Waals surface area contributed by atoms with Crippen LogP contribution in [-0.2, 0) is 4.79 Å². The van der Waals surface area contributed by atoms with Crippen molar-refractivity contribution in [1.82, 2.24) is 4.57 Å². The molecule has 0 fully saturated rings. The fraction of sp³-hybridized carbons (Fsp3) is 0.0690. The zero-order valence-corrected chi connectivity index (χ0v) is 24.7. The topological polar surface area (TPSA) is 120 Å². The molecule has 0 spiro atoms. The van der Waals surface area contributed by atoms with Crippen LogP contribution in [0.5, 0.6) is 0 Å². The summed E-state index contributed by atoms with van der Waals surface area (Å²) in [7, 11) is 0. The second-order valence-corrected chi connectivity index (χ2v) is 12.0. The highest BCUT2D eigenvalue weighted by Crippen LogP contribution is 2.37. The van der Waals surface area contributed by atoms with Crippen molar-refractivity contribution in [2.75, 3.05) is 5.32 Å². The number of hydrogen-bond donors (Lipinski definition) is 1. The van der Waals surface area contributed by atoms with Gasteiger partial charge in [-0.2, -0.15) is 0 Å². The van der Waals surface area contributed by atoms with Crippen molar-refractivity contribution >= 4 is 69.2 Å². The van der Waals surface area contributed by atoms with E-state index >= 15 is 0 Å². The van der Waals surface area contributed by atoms with Crippen LogP contribution in [0.1, 0.15) is 23.6 Å². The van der Waals surface area contributed by atoms with Crippen molar-refractivity contribution in [1.29, 1.82) is 0 Å². The fourth-order valence-electron chi connectivity index (χ4n) is 4.62. The lowest BCUT2D eigenvalue weighted by atomic mass is 10.0. The maximum absolute atomic E-state index is 13.8. The number of benzene rings is 2. The van der Waals surface area contributed by atoms with Crippen LogP contribution in [-0.4, -0.2) is 15.4 Å². The summed E-state index contributed by atoms with van der Waals surface area (Å²) < 4.78 is 7.81. The molecule has 0 aliphatic carbocycles. The number of thiazole rings is 1. The van der Waals surface area contributed by atoms with Gasteiger partial charge in [0, 0.05) is 28.3 Å². The number of para-hydroxylation sites is 1. The van der Waals surface area contributed by atoms with Crippen molar-refractivity contribution in [3.63, 3.8) is 0 Å². The van der Waals surface area contributed by atoms with Gasteiger partial charge in [-0.1, -0.05) is 58.8 Å². The van der Waals surface area contributed by atoms with Gasteiger partial charge in [0.2, 0.25) is 0 Å². The maximum atomic E-state index is 13.8. The van der Waals surface area contributed by atoms with Gasteiger partial charge in [-0.15, -0.1) is 11.3 Å². The molecule has 1 atom stereocenters. The number of fused-ring (bicyclic) bond motifs is 1. The van der Waals surface area contributed by atoms with Gasteiger partial charge in [-0.3, -0.25) is 24.3 Å². The van der Waals surface area contributed by atoms with E-state index in [1.54, 1.807) is 37.3 Å². The molecule has 5 aromatic rings. The van der Waals surface area contributed by atoms with E-state index in [1.165, 1.54) is 33.3 Å². The Labute approximate surface area is 255 Å². The molecule has 13 heteroatoms. The number of nitrogens with one attached hydrogen (secondary N) is 1. The molecular formula is C29H18Cl2N4O5S2. The Bertz CT molecular complexity index is 2080. The number of carbonyl (C=O) groups excluding carboxylic acids is 1. The van der Waals surface area contributed by atoms with E-state index in [2.05, 4.69) is 10.3 Å². The minimum Gasteiger partial charge on any atom is -0.457 e. The number of nitrogens with zero attached hydrogens (tertiary/aromatic N) is 3. The van der Waals surface area contributed by atoms with E-state index in [1.807, 2.05) is 35.7 Å². The van der Waals surface area contributed by atoms with Crippen molar-refractivity contribution < 1.29 is 14.1 Å². The molecule has 1 unspecified atom stereocenters. The van der Waals surface area contributed by atoms with Gasteiger partial charge in [-0.25, -0.2) is 4.99 Å². The lowest BCUT2D eigenvalue weighted by molar-refractivity contribution is -0.384. The lowest BCUT2D eigenvalue weighted by Gasteiger charge is -2.24. The number of halogens is 2. The monoisotopic (exact) mass is 636 g/mol. The van der Waals surface area contributed by atoms with Crippen molar-refractivity contribution in [2.45, 2.75) is 13.0 Å². The second-order valence-electron chi connectivity index (χ2n) is 9.16. The molecule has 1 N–H and O–H groups in total. The predicted molar refractivity (Wildman–Crippen MR) is 164 cm³/mol. The Morgan fingerprint density at radius 3 is 2.62 bits per heavy atom. The van der Waals surface area contributed by atoms with Gasteiger partial charge < -0.3 is 9.73 Å². The molecule has 6 rings (SSSR count).